The van der Waals surface area contributed by atoms with Crippen LogP contribution in [0.2, 0.25) is 0 Å². The summed E-state index contributed by atoms with van der Waals surface area (Å²) in [5.74, 6) is -1.62. The van der Waals surface area contributed by atoms with Gasteiger partial charge in [0.15, 0.2) is 11.5 Å². The van der Waals surface area contributed by atoms with Gasteiger partial charge in [-0.05, 0) is 24.1 Å². The van der Waals surface area contributed by atoms with Crippen LogP contribution in [-0.2, 0) is 11.2 Å². The number of nitrogens with two attached hydrogens (primary N) is 1. The number of aromatic hydroxyl groups is 2. The van der Waals surface area contributed by atoms with Crippen molar-refractivity contribution in [1.82, 2.24) is 0 Å². The molecule has 1 unspecified atom stereocenters. The molecule has 1 aromatic rings. The molecule has 1 aromatic carbocycles. The maximum atomic E-state index is 10.4. The summed E-state index contributed by atoms with van der Waals surface area (Å²) < 4.78 is 0. The van der Waals surface area contributed by atoms with Gasteiger partial charge in [0.05, 0.1) is 0 Å². The number of hydrogen-bond acceptors (Lipinski definition) is 4. The number of carboxylic acid groups (broad SMARTS) is 1. The van der Waals surface area contributed by atoms with Crippen LogP contribution in [0.25, 0.3) is 0 Å². The van der Waals surface area contributed by atoms with E-state index in [1.165, 1.54) is 18.2 Å². The molecule has 5 nitrogen and oxygen atoms in total. The second-order valence-electron chi connectivity index (χ2n) is 2.97. The number of rotatable bonds is 3. The van der Waals surface area contributed by atoms with Crippen LogP contribution in [0.4, 0.5) is 0 Å². The van der Waals surface area contributed by atoms with Gasteiger partial charge in [-0.25, -0.2) is 0 Å². The molecule has 0 spiro atoms. The maximum absolute atomic E-state index is 10.4. The summed E-state index contributed by atoms with van der Waals surface area (Å²) in [5, 5.41) is 26.6. The molecule has 6 heteroatoms. The molecule has 0 aliphatic heterocycles. The molecule has 0 bridgehead atoms. The van der Waals surface area contributed by atoms with E-state index in [1.54, 1.807) is 0 Å². The molecule has 1 atom stereocenters. The van der Waals surface area contributed by atoms with Gasteiger partial charge in [0.2, 0.25) is 0 Å². The lowest BCUT2D eigenvalue weighted by Gasteiger charge is -2.06. The average Bonchev–Trinajstić information content (AvgIpc) is 2.11. The molecule has 0 fully saturated rings. The van der Waals surface area contributed by atoms with Gasteiger partial charge in [0.25, 0.3) is 0 Å². The van der Waals surface area contributed by atoms with E-state index in [0.29, 0.717) is 5.56 Å². The number of carbonyl (C=O) groups is 1. The van der Waals surface area contributed by atoms with E-state index in [0.717, 1.165) is 0 Å². The molecule has 0 aromatic heterocycles. The van der Waals surface area contributed by atoms with E-state index in [1.807, 2.05) is 0 Å². The van der Waals surface area contributed by atoms with Crippen LogP contribution in [0.5, 0.6) is 11.5 Å². The van der Waals surface area contributed by atoms with Crippen molar-refractivity contribution in [2.24, 2.45) is 5.73 Å². The Morgan fingerprint density at radius 3 is 2.40 bits per heavy atom. The lowest BCUT2D eigenvalue weighted by atomic mass is 10.1. The lowest BCUT2D eigenvalue weighted by molar-refractivity contribution is -0.138. The summed E-state index contributed by atoms with van der Waals surface area (Å²) in [7, 11) is 0. The van der Waals surface area contributed by atoms with Crippen molar-refractivity contribution in [1.29, 1.82) is 0 Å². The van der Waals surface area contributed by atoms with Gasteiger partial charge in [0.1, 0.15) is 6.04 Å². The first-order chi connectivity index (χ1) is 6.50. The average molecular weight is 231 g/mol. The molecule has 0 radical (unpaired) electrons. The molecule has 0 aliphatic rings. The van der Waals surface area contributed by atoms with E-state index in [4.69, 9.17) is 21.1 Å². The van der Waals surface area contributed by atoms with Gasteiger partial charge in [-0.2, -0.15) is 13.5 Å². The topological polar surface area (TPSA) is 104 Å². The highest BCUT2D eigenvalue weighted by Gasteiger charge is 2.12. The van der Waals surface area contributed by atoms with Crippen molar-refractivity contribution in [3.05, 3.63) is 23.8 Å². The number of phenolic OH excluding ortho intramolecular Hbond substituents is 2. The predicted octanol–water partition coefficient (Wildman–Crippen LogP) is 0.165. The third-order valence-electron chi connectivity index (χ3n) is 1.81. The van der Waals surface area contributed by atoms with Crippen LogP contribution in [0.1, 0.15) is 5.56 Å². The number of benzene rings is 1. The van der Waals surface area contributed by atoms with Crippen LogP contribution in [0.15, 0.2) is 18.2 Å². The summed E-state index contributed by atoms with van der Waals surface area (Å²) >= 11 is 0. The Bertz CT molecular complexity index is 356. The van der Waals surface area contributed by atoms with Gasteiger partial charge in [-0.15, -0.1) is 0 Å². The van der Waals surface area contributed by atoms with Crippen LogP contribution >= 0.6 is 13.5 Å². The molecule has 0 aliphatic carbocycles. The van der Waals surface area contributed by atoms with Crippen molar-refractivity contribution < 1.29 is 20.1 Å². The van der Waals surface area contributed by atoms with Crippen molar-refractivity contribution in [2.45, 2.75) is 12.5 Å². The highest BCUT2D eigenvalue weighted by Crippen LogP contribution is 2.25. The molecule has 0 saturated heterocycles. The van der Waals surface area contributed by atoms with E-state index >= 15 is 0 Å². The van der Waals surface area contributed by atoms with Crippen molar-refractivity contribution in [2.75, 3.05) is 0 Å². The quantitative estimate of drug-likeness (QED) is 0.555. The zero-order chi connectivity index (χ0) is 10.7. The van der Waals surface area contributed by atoms with E-state index < -0.39 is 12.0 Å². The van der Waals surface area contributed by atoms with E-state index in [2.05, 4.69) is 0 Å². The van der Waals surface area contributed by atoms with Gasteiger partial charge in [0, 0.05) is 0 Å². The van der Waals surface area contributed by atoms with Crippen molar-refractivity contribution in [3.63, 3.8) is 0 Å². The van der Waals surface area contributed by atoms with Gasteiger partial charge >= 0.3 is 5.97 Å². The zero-order valence-corrected chi connectivity index (χ0v) is 8.84. The monoisotopic (exact) mass is 231 g/mol. The molecule has 5 N–H and O–H groups in total. The molecule has 0 saturated carbocycles. The summed E-state index contributed by atoms with van der Waals surface area (Å²) in [5.41, 5.74) is 5.86. The molecule has 1 rings (SSSR count). The van der Waals surface area contributed by atoms with Crippen molar-refractivity contribution >= 4 is 19.5 Å². The van der Waals surface area contributed by atoms with E-state index in [9.17, 15) is 4.79 Å². The third kappa shape index (κ3) is 3.69. The number of carboxylic acids is 1. The molecule has 0 amide bonds. The summed E-state index contributed by atoms with van der Waals surface area (Å²) in [6, 6.07) is 3.09. The summed E-state index contributed by atoms with van der Waals surface area (Å²) in [4.78, 5) is 10.4. The summed E-state index contributed by atoms with van der Waals surface area (Å²) in [6.07, 6.45) is 0.114. The first kappa shape index (κ1) is 13.6. The minimum atomic E-state index is -1.10. The summed E-state index contributed by atoms with van der Waals surface area (Å²) in [6.45, 7) is 0. The second kappa shape index (κ2) is 5.47. The third-order valence-corrected chi connectivity index (χ3v) is 1.81. The molecule has 15 heavy (non-hydrogen) atoms. The Morgan fingerprint density at radius 2 is 1.93 bits per heavy atom. The van der Waals surface area contributed by atoms with Crippen LogP contribution < -0.4 is 5.73 Å². The van der Waals surface area contributed by atoms with Gasteiger partial charge < -0.3 is 21.1 Å². The number of hydrogen-bond donors (Lipinski definition) is 4. The number of phenols is 2. The minimum absolute atomic E-state index is 0. The Hall–Kier alpha value is -1.40. The molecule has 0 heterocycles. The normalized spacial score (nSPS) is 11.5. The standard InChI is InChI=1S/C9H11NO4.H2S/c10-6(9(13)14)3-5-1-2-7(11)8(12)4-5;/h1-2,4,6,11-12H,3,10H2,(H,13,14);1H2. The van der Waals surface area contributed by atoms with Crippen molar-refractivity contribution in [3.8, 4) is 11.5 Å². The smallest absolute Gasteiger partial charge is 0.320 e. The van der Waals surface area contributed by atoms with Crippen LogP contribution in [0, 0.1) is 0 Å². The fraction of sp³-hybridized carbons (Fsp3) is 0.222. The minimum Gasteiger partial charge on any atom is -0.504 e. The predicted molar refractivity (Wildman–Crippen MR) is 59.5 cm³/mol. The molecular formula is C9H13NO4S. The molecular weight excluding hydrogens is 218 g/mol. The second-order valence-corrected chi connectivity index (χ2v) is 2.97. The zero-order valence-electron chi connectivity index (χ0n) is 7.84. The largest absolute Gasteiger partial charge is 0.504 e. The van der Waals surface area contributed by atoms with Crippen LogP contribution in [-0.4, -0.2) is 27.3 Å². The molecule has 84 valence electrons. The Balaban J connectivity index is 0.00000196. The first-order valence-corrected chi connectivity index (χ1v) is 4.00. The fourth-order valence-corrected chi connectivity index (χ4v) is 1.04. The SMILES string of the molecule is NC(Cc1ccc(O)c(O)c1)C(=O)O.S. The maximum Gasteiger partial charge on any atom is 0.320 e. The number of aliphatic carboxylic acids is 1. The highest BCUT2D eigenvalue weighted by molar-refractivity contribution is 7.59. The van der Waals surface area contributed by atoms with Crippen LogP contribution in [0.3, 0.4) is 0 Å². The van der Waals surface area contributed by atoms with Gasteiger partial charge in [-0.3, -0.25) is 4.79 Å². The highest BCUT2D eigenvalue weighted by atomic mass is 32.1. The van der Waals surface area contributed by atoms with Gasteiger partial charge in [-0.1, -0.05) is 6.07 Å². The Labute approximate surface area is 93.6 Å². The Morgan fingerprint density at radius 1 is 1.33 bits per heavy atom. The Kier molecular flexibility index (Phi) is 4.96. The lowest BCUT2D eigenvalue weighted by Crippen LogP contribution is -2.32. The first-order valence-electron chi connectivity index (χ1n) is 4.00. The fourth-order valence-electron chi connectivity index (χ4n) is 1.04. The van der Waals surface area contributed by atoms with E-state index in [-0.39, 0.29) is 31.4 Å².